The number of pyridine rings is 1. The van der Waals surface area contributed by atoms with Crippen LogP contribution in [0.15, 0.2) is 42.9 Å². The summed E-state index contributed by atoms with van der Waals surface area (Å²) in [5, 5.41) is 9.87. The van der Waals surface area contributed by atoms with Crippen LogP contribution in [-0.4, -0.2) is 71.1 Å². The summed E-state index contributed by atoms with van der Waals surface area (Å²) >= 11 is 0.578. The molecule has 0 bridgehead atoms. The summed E-state index contributed by atoms with van der Waals surface area (Å²) < 4.78 is 43.1. The predicted octanol–water partition coefficient (Wildman–Crippen LogP) is 4.17. The first-order valence-electron chi connectivity index (χ1n) is 13.2. The molecule has 2 aliphatic rings. The quantitative estimate of drug-likeness (QED) is 0.320. The number of imidazole rings is 2. The molecule has 5 heterocycles. The highest BCUT2D eigenvalue weighted by Crippen LogP contribution is 2.46. The molecular weight excluding hydrogens is 557 g/mol. The van der Waals surface area contributed by atoms with Gasteiger partial charge in [-0.15, -0.1) is 0 Å². The number of fused-ring (bicyclic) bond motifs is 2. The molecule has 2 N–H and O–H groups in total. The van der Waals surface area contributed by atoms with Crippen LogP contribution in [0.1, 0.15) is 30.3 Å². The van der Waals surface area contributed by atoms with Gasteiger partial charge in [0.05, 0.1) is 23.0 Å². The minimum atomic E-state index is -4.61. The lowest BCUT2D eigenvalue weighted by molar-refractivity contribution is -0.137. The van der Waals surface area contributed by atoms with Gasteiger partial charge in [-0.05, 0) is 49.6 Å². The zero-order valence-corrected chi connectivity index (χ0v) is 22.7. The number of aromatic nitrogens is 6. The number of benzene rings is 1. The maximum atomic E-state index is 13.8. The number of carbonyl (C=O) groups excluding carboxylic acids is 1. The number of nitrogens with zero attached hydrogens (tertiary/aromatic N) is 7. The Labute approximate surface area is 235 Å². The third-order valence-electron chi connectivity index (χ3n) is 7.73. The number of halogens is 3. The van der Waals surface area contributed by atoms with Crippen LogP contribution in [-0.2, 0) is 23.1 Å². The second kappa shape index (κ2) is 9.24. The highest BCUT2D eigenvalue weighted by atomic mass is 32.1. The molecule has 1 aromatic carbocycles. The number of anilines is 1. The molecule has 1 amide bonds. The molecule has 41 heavy (non-hydrogen) atoms. The normalized spacial score (nSPS) is 18.9. The van der Waals surface area contributed by atoms with E-state index < -0.39 is 16.8 Å². The van der Waals surface area contributed by atoms with E-state index in [9.17, 15) is 23.1 Å². The van der Waals surface area contributed by atoms with E-state index in [1.165, 1.54) is 0 Å². The molecule has 212 valence electrons. The Morgan fingerprint density at radius 3 is 2.76 bits per heavy atom. The molecule has 1 saturated heterocycles. The number of nitrogens with one attached hydrogen (secondary N) is 1. The Morgan fingerprint density at radius 2 is 2.00 bits per heavy atom. The maximum absolute atomic E-state index is 13.8. The van der Waals surface area contributed by atoms with Crippen molar-refractivity contribution in [1.82, 2.24) is 34.4 Å². The Bertz CT molecular complexity index is 1790. The molecule has 10 nitrogen and oxygen atoms in total. The van der Waals surface area contributed by atoms with Gasteiger partial charge in [-0.25, -0.2) is 19.9 Å². The van der Waals surface area contributed by atoms with Crippen molar-refractivity contribution < 1.29 is 23.1 Å². The predicted molar refractivity (Wildman–Crippen MR) is 146 cm³/mol. The molecule has 1 saturated carbocycles. The van der Waals surface area contributed by atoms with Crippen LogP contribution in [0, 0.1) is 0 Å². The molecular formula is C27H25F3N8O2S. The van der Waals surface area contributed by atoms with Gasteiger partial charge < -0.3 is 24.5 Å². The first kappa shape index (κ1) is 25.9. The number of rotatable bonds is 5. The van der Waals surface area contributed by atoms with Crippen molar-refractivity contribution in [2.45, 2.75) is 44.1 Å². The van der Waals surface area contributed by atoms with Crippen LogP contribution in [0.3, 0.4) is 0 Å². The van der Waals surface area contributed by atoms with Gasteiger partial charge in [-0.3, -0.25) is 4.79 Å². The van der Waals surface area contributed by atoms with E-state index in [-0.39, 0.29) is 30.0 Å². The molecule has 14 heteroatoms. The molecule has 0 spiro atoms. The molecule has 5 aromatic rings. The van der Waals surface area contributed by atoms with Crippen LogP contribution in [0.2, 0.25) is 0 Å². The molecule has 1 atom stereocenters. The van der Waals surface area contributed by atoms with E-state index in [0.717, 1.165) is 5.56 Å². The molecule has 7 rings (SSSR count). The monoisotopic (exact) mass is 582 g/mol. The van der Waals surface area contributed by atoms with Gasteiger partial charge >= 0.3 is 6.18 Å². The number of H-pyrrole nitrogens is 1. The first-order valence-corrected chi connectivity index (χ1v) is 14.0. The molecule has 0 radical (unpaired) electrons. The molecule has 1 aliphatic carbocycles. The minimum absolute atomic E-state index is 0.0674. The van der Waals surface area contributed by atoms with Crippen molar-refractivity contribution in [3.63, 3.8) is 0 Å². The van der Waals surface area contributed by atoms with Gasteiger partial charge in [0.15, 0.2) is 11.5 Å². The average Bonchev–Trinajstić information content (AvgIpc) is 3.29. The largest absolute Gasteiger partial charge is 0.443 e. The highest BCUT2D eigenvalue weighted by Gasteiger charge is 2.42. The molecule has 1 unspecified atom stereocenters. The van der Waals surface area contributed by atoms with Gasteiger partial charge in [-0.1, -0.05) is 17.4 Å². The molecule has 2 fully saturated rings. The number of alkyl halides is 3. The fourth-order valence-electron chi connectivity index (χ4n) is 5.38. The number of carbonyl (C=O) groups is 1. The van der Waals surface area contributed by atoms with Gasteiger partial charge in [0.1, 0.15) is 22.8 Å². The number of hydrogen-bond donors (Lipinski definition) is 2. The third kappa shape index (κ3) is 4.60. The summed E-state index contributed by atoms with van der Waals surface area (Å²) in [6, 6.07) is 8.68. The smallest absolute Gasteiger partial charge is 0.385 e. The van der Waals surface area contributed by atoms with E-state index in [1.54, 1.807) is 46.3 Å². The summed E-state index contributed by atoms with van der Waals surface area (Å²) in [5.74, 6) is 0.111. The number of thiazole rings is 1. The number of aliphatic hydroxyl groups is 1. The van der Waals surface area contributed by atoms with E-state index in [4.69, 9.17) is 0 Å². The van der Waals surface area contributed by atoms with E-state index in [1.807, 2.05) is 17.9 Å². The average molecular weight is 583 g/mol. The second-order valence-electron chi connectivity index (χ2n) is 10.6. The van der Waals surface area contributed by atoms with Crippen molar-refractivity contribution in [3.05, 3.63) is 53.4 Å². The fraction of sp³-hybridized carbons (Fsp3) is 0.370. The lowest BCUT2D eigenvalue weighted by Gasteiger charge is -2.40. The minimum Gasteiger partial charge on any atom is -0.385 e. The third-order valence-corrected chi connectivity index (χ3v) is 8.89. The topological polar surface area (TPSA) is 116 Å². The summed E-state index contributed by atoms with van der Waals surface area (Å²) in [7, 11) is 0. The van der Waals surface area contributed by atoms with Gasteiger partial charge in [0, 0.05) is 31.9 Å². The number of hydrogen-bond acceptors (Lipinski definition) is 8. The number of aromatic amines is 1. The van der Waals surface area contributed by atoms with E-state index in [0.29, 0.717) is 71.0 Å². The van der Waals surface area contributed by atoms with Crippen LogP contribution >= 0.6 is 11.3 Å². The fourth-order valence-corrected chi connectivity index (χ4v) is 6.35. The Hall–Kier alpha value is -4.04. The molecule has 1 aliphatic heterocycles. The second-order valence-corrected chi connectivity index (χ2v) is 11.6. The maximum Gasteiger partial charge on any atom is 0.443 e. The van der Waals surface area contributed by atoms with Crippen molar-refractivity contribution in [1.29, 1.82) is 0 Å². The van der Waals surface area contributed by atoms with Crippen molar-refractivity contribution in [2.24, 2.45) is 0 Å². The summed E-state index contributed by atoms with van der Waals surface area (Å²) in [6.07, 6.45) is -0.0389. The first-order chi connectivity index (χ1) is 19.6. The van der Waals surface area contributed by atoms with E-state index in [2.05, 4.69) is 24.9 Å². The zero-order chi connectivity index (χ0) is 28.5. The summed E-state index contributed by atoms with van der Waals surface area (Å²) in [5.41, 5.74) is 2.54. The van der Waals surface area contributed by atoms with Crippen molar-refractivity contribution in [3.8, 4) is 11.5 Å². The van der Waals surface area contributed by atoms with Gasteiger partial charge in [-0.2, -0.15) is 13.2 Å². The number of amides is 1. The SMILES string of the molecule is CC1CN(c2sc(C(F)(F)F)nc2-c2nc3ccc(C4(O)CC4)cc3[nH]2)CCN1C(=O)Cn1cnc2cccnc21. The Balaban J connectivity index is 1.15. The van der Waals surface area contributed by atoms with E-state index >= 15 is 0 Å². The van der Waals surface area contributed by atoms with Crippen LogP contribution < -0.4 is 4.90 Å². The van der Waals surface area contributed by atoms with Gasteiger partial charge in [0.25, 0.3) is 0 Å². The van der Waals surface area contributed by atoms with Crippen LogP contribution in [0.25, 0.3) is 33.7 Å². The lowest BCUT2D eigenvalue weighted by Crippen LogP contribution is -2.54. The Morgan fingerprint density at radius 1 is 1.17 bits per heavy atom. The number of piperazine rings is 1. The zero-order valence-electron chi connectivity index (χ0n) is 21.9. The lowest BCUT2D eigenvalue weighted by atomic mass is 10.1. The van der Waals surface area contributed by atoms with Gasteiger partial charge in [0.2, 0.25) is 10.9 Å². The van der Waals surface area contributed by atoms with Crippen molar-refractivity contribution in [2.75, 3.05) is 24.5 Å². The van der Waals surface area contributed by atoms with Crippen LogP contribution in [0.4, 0.5) is 18.2 Å². The Kier molecular flexibility index (Phi) is 5.84. The summed E-state index contributed by atoms with van der Waals surface area (Å²) in [6.45, 7) is 2.95. The van der Waals surface area contributed by atoms with Crippen molar-refractivity contribution >= 4 is 44.4 Å². The molecule has 4 aromatic heterocycles. The summed E-state index contributed by atoms with van der Waals surface area (Å²) in [4.78, 5) is 37.0. The van der Waals surface area contributed by atoms with Crippen LogP contribution in [0.5, 0.6) is 0 Å². The highest BCUT2D eigenvalue weighted by molar-refractivity contribution is 7.16. The standard InChI is InChI=1S/C27H25F3N8O2S/c1-15-12-36(9-10-38(15)20(39)13-37-14-32-18-3-2-8-31-23(18)37)24-21(35-25(41-24)27(28,29)30)22-33-17-5-4-16(11-19(17)34-22)26(40)6-7-26/h2-5,8,11,14-15,40H,6-7,9-10,12-13H2,1H3,(H,33,34).